The average Bonchev–Trinajstić information content (AvgIpc) is 2.58. The molecule has 1 atom stereocenters. The first-order chi connectivity index (χ1) is 12.0. The summed E-state index contributed by atoms with van der Waals surface area (Å²) in [6.45, 7) is 3.21. The molecule has 128 valence electrons. The Balaban J connectivity index is 1.73. The standard InChI is InChI=1S/C19H15ClFNO3/c1-11-7-18(23)25-19-12(11)5-6-17-14(19)9-22(10-24-17)8-13-15(20)3-2-4-16(13)21/h2-7H,8-10H2,1H3/p+1. The number of ether oxygens (including phenoxy) is 1. The Labute approximate surface area is 148 Å². The highest BCUT2D eigenvalue weighted by Gasteiger charge is 2.26. The molecule has 1 aliphatic rings. The molecule has 25 heavy (non-hydrogen) atoms. The minimum Gasteiger partial charge on any atom is -0.445 e. The maximum absolute atomic E-state index is 14.1. The van der Waals surface area contributed by atoms with E-state index in [0.717, 1.165) is 21.4 Å². The number of aryl methyl sites for hydroxylation is 1. The second-order valence-corrected chi connectivity index (χ2v) is 6.67. The van der Waals surface area contributed by atoms with Gasteiger partial charge in [0.2, 0.25) is 6.73 Å². The van der Waals surface area contributed by atoms with Crippen LogP contribution in [-0.2, 0) is 13.1 Å². The molecule has 0 amide bonds. The van der Waals surface area contributed by atoms with Gasteiger partial charge in [0.15, 0.2) is 5.58 Å². The number of nitrogens with one attached hydrogen (secondary N) is 1. The first-order valence-electron chi connectivity index (χ1n) is 7.98. The zero-order valence-electron chi connectivity index (χ0n) is 13.6. The fourth-order valence-electron chi connectivity index (χ4n) is 3.27. The van der Waals surface area contributed by atoms with Crippen LogP contribution in [-0.4, -0.2) is 6.73 Å². The monoisotopic (exact) mass is 360 g/mol. The summed E-state index contributed by atoms with van der Waals surface area (Å²) in [6.07, 6.45) is 0. The van der Waals surface area contributed by atoms with E-state index < -0.39 is 0 Å². The van der Waals surface area contributed by atoms with E-state index in [1.807, 2.05) is 19.1 Å². The molecule has 0 fully saturated rings. The third-order valence-electron chi connectivity index (χ3n) is 4.53. The molecule has 3 aromatic rings. The van der Waals surface area contributed by atoms with Gasteiger partial charge < -0.3 is 9.15 Å². The number of rotatable bonds is 2. The highest BCUT2D eigenvalue weighted by Crippen LogP contribution is 2.29. The van der Waals surface area contributed by atoms with Gasteiger partial charge in [-0.25, -0.2) is 9.18 Å². The van der Waals surface area contributed by atoms with Crippen LogP contribution < -0.4 is 15.3 Å². The lowest BCUT2D eigenvalue weighted by Crippen LogP contribution is -3.11. The number of hydrogen-bond acceptors (Lipinski definition) is 3. The summed E-state index contributed by atoms with van der Waals surface area (Å²) in [7, 11) is 0. The van der Waals surface area contributed by atoms with Crippen LogP contribution in [0.4, 0.5) is 4.39 Å². The van der Waals surface area contributed by atoms with Crippen LogP contribution in [0.1, 0.15) is 16.7 Å². The van der Waals surface area contributed by atoms with Gasteiger partial charge in [0.05, 0.1) is 16.1 Å². The van der Waals surface area contributed by atoms with Gasteiger partial charge in [-0.1, -0.05) is 17.7 Å². The van der Waals surface area contributed by atoms with Crippen molar-refractivity contribution in [2.24, 2.45) is 0 Å². The van der Waals surface area contributed by atoms with Crippen LogP contribution in [0, 0.1) is 12.7 Å². The van der Waals surface area contributed by atoms with Gasteiger partial charge in [-0.2, -0.15) is 0 Å². The van der Waals surface area contributed by atoms with Crippen molar-refractivity contribution in [3.8, 4) is 5.75 Å². The number of hydrogen-bond donors (Lipinski definition) is 1. The van der Waals surface area contributed by atoms with Crippen LogP contribution in [0.5, 0.6) is 5.75 Å². The average molecular weight is 361 g/mol. The second-order valence-electron chi connectivity index (χ2n) is 6.26. The molecule has 4 rings (SSSR count). The van der Waals surface area contributed by atoms with Crippen LogP contribution in [0.15, 0.2) is 45.6 Å². The summed E-state index contributed by atoms with van der Waals surface area (Å²) < 4.78 is 25.3. The molecule has 4 nitrogen and oxygen atoms in total. The molecule has 0 spiro atoms. The van der Waals surface area contributed by atoms with Crippen LogP contribution in [0.3, 0.4) is 0 Å². The number of fused-ring (bicyclic) bond motifs is 3. The minimum atomic E-state index is -0.386. The molecule has 0 bridgehead atoms. The third kappa shape index (κ3) is 2.90. The van der Waals surface area contributed by atoms with Crippen molar-refractivity contribution in [2.45, 2.75) is 20.0 Å². The summed E-state index contributed by atoms with van der Waals surface area (Å²) >= 11 is 6.13. The molecule has 2 aromatic carbocycles. The highest BCUT2D eigenvalue weighted by atomic mass is 35.5. The Bertz CT molecular complexity index is 1010. The fraction of sp³-hybridized carbons (Fsp3) is 0.211. The summed E-state index contributed by atoms with van der Waals surface area (Å²) in [5.74, 6) is 0.371. The predicted molar refractivity (Wildman–Crippen MR) is 92.5 cm³/mol. The van der Waals surface area contributed by atoms with E-state index in [4.69, 9.17) is 20.8 Å². The largest absolute Gasteiger partial charge is 0.445 e. The van der Waals surface area contributed by atoms with Gasteiger partial charge in [0.25, 0.3) is 0 Å². The van der Waals surface area contributed by atoms with E-state index >= 15 is 0 Å². The summed E-state index contributed by atoms with van der Waals surface area (Å²) in [5.41, 5.74) is 2.30. The molecule has 1 aromatic heterocycles. The van der Waals surface area contributed by atoms with Gasteiger partial charge in [-0.05, 0) is 36.8 Å². The Hall–Kier alpha value is -2.37. The van der Waals surface area contributed by atoms with Crippen molar-refractivity contribution < 1.29 is 18.4 Å². The van der Waals surface area contributed by atoms with E-state index in [1.54, 1.807) is 12.1 Å². The zero-order chi connectivity index (χ0) is 17.6. The summed E-state index contributed by atoms with van der Waals surface area (Å²) in [5, 5.41) is 1.28. The second kappa shape index (κ2) is 6.17. The normalized spacial score (nSPS) is 16.5. The summed E-state index contributed by atoms with van der Waals surface area (Å²) in [4.78, 5) is 12.8. The maximum Gasteiger partial charge on any atom is 0.336 e. The molecule has 0 saturated carbocycles. The molecule has 0 radical (unpaired) electrons. The lowest BCUT2D eigenvalue weighted by atomic mass is 10.0. The Morgan fingerprint density at radius 3 is 2.92 bits per heavy atom. The minimum absolute atomic E-state index is 0.328. The van der Waals surface area contributed by atoms with E-state index in [2.05, 4.69) is 0 Å². The van der Waals surface area contributed by atoms with Crippen molar-refractivity contribution >= 4 is 22.6 Å². The van der Waals surface area contributed by atoms with Gasteiger partial charge >= 0.3 is 5.63 Å². The van der Waals surface area contributed by atoms with Crippen molar-refractivity contribution in [2.75, 3.05) is 6.73 Å². The van der Waals surface area contributed by atoms with E-state index in [-0.39, 0.29) is 11.4 Å². The van der Waals surface area contributed by atoms with Crippen LogP contribution in [0.2, 0.25) is 5.02 Å². The Kier molecular flexibility index (Phi) is 3.98. The van der Waals surface area contributed by atoms with E-state index in [9.17, 15) is 9.18 Å². The number of halogens is 2. The Morgan fingerprint density at radius 1 is 1.28 bits per heavy atom. The quantitative estimate of drug-likeness (QED) is 0.715. The van der Waals surface area contributed by atoms with Crippen molar-refractivity contribution in [3.05, 3.63) is 74.3 Å². The zero-order valence-corrected chi connectivity index (χ0v) is 14.3. The molecular formula is C19H16ClFNO3+. The van der Waals surface area contributed by atoms with Crippen LogP contribution in [0.25, 0.3) is 11.0 Å². The smallest absolute Gasteiger partial charge is 0.336 e. The lowest BCUT2D eigenvalue weighted by Gasteiger charge is -2.27. The molecule has 1 aliphatic heterocycles. The fourth-order valence-corrected chi connectivity index (χ4v) is 3.50. The van der Waals surface area contributed by atoms with Gasteiger partial charge in [0.1, 0.15) is 24.7 Å². The number of quaternary nitrogens is 1. The first kappa shape index (κ1) is 16.1. The summed E-state index contributed by atoms with van der Waals surface area (Å²) in [6, 6.07) is 9.92. The Morgan fingerprint density at radius 2 is 2.12 bits per heavy atom. The predicted octanol–water partition coefficient (Wildman–Crippen LogP) is 2.83. The van der Waals surface area contributed by atoms with Crippen LogP contribution >= 0.6 is 11.6 Å². The van der Waals surface area contributed by atoms with Gasteiger partial charge in [-0.3, -0.25) is 4.90 Å². The molecule has 6 heteroatoms. The lowest BCUT2D eigenvalue weighted by molar-refractivity contribution is -0.945. The molecule has 1 unspecified atom stereocenters. The highest BCUT2D eigenvalue weighted by molar-refractivity contribution is 6.31. The third-order valence-corrected chi connectivity index (χ3v) is 4.88. The van der Waals surface area contributed by atoms with Crippen molar-refractivity contribution in [1.29, 1.82) is 0 Å². The SMILES string of the molecule is Cc1cc(=O)oc2c3c(ccc12)OC[NH+](Cc1c(F)cccc1Cl)C3. The number of benzene rings is 2. The molecule has 2 heterocycles. The van der Waals surface area contributed by atoms with Gasteiger partial charge in [-0.15, -0.1) is 0 Å². The van der Waals surface area contributed by atoms with Gasteiger partial charge in [0, 0.05) is 11.5 Å². The van der Waals surface area contributed by atoms with E-state index in [1.165, 1.54) is 12.1 Å². The molecule has 1 N–H and O–H groups in total. The molecular weight excluding hydrogens is 345 g/mol. The van der Waals surface area contributed by atoms with Crippen molar-refractivity contribution in [3.63, 3.8) is 0 Å². The first-order valence-corrected chi connectivity index (χ1v) is 8.36. The maximum atomic E-state index is 14.1. The van der Waals surface area contributed by atoms with Crippen molar-refractivity contribution in [1.82, 2.24) is 0 Å². The topological polar surface area (TPSA) is 43.9 Å². The molecule has 0 saturated heterocycles. The molecule has 0 aliphatic carbocycles. The van der Waals surface area contributed by atoms with E-state index in [0.29, 0.717) is 41.7 Å².